The number of rotatable bonds is 6. The Morgan fingerprint density at radius 3 is 1.85 bits per heavy atom. The van der Waals surface area contributed by atoms with E-state index < -0.39 is 0 Å². The van der Waals surface area contributed by atoms with Crippen LogP contribution >= 0.6 is 0 Å². The van der Waals surface area contributed by atoms with Gasteiger partial charge in [0.15, 0.2) is 5.78 Å². The minimum absolute atomic E-state index is 0.181. The summed E-state index contributed by atoms with van der Waals surface area (Å²) in [6, 6.07) is 19.1. The molecule has 0 amide bonds. The second-order valence-electron chi connectivity index (χ2n) is 5.84. The summed E-state index contributed by atoms with van der Waals surface area (Å²) in [5.41, 5.74) is 2.30. The average Bonchev–Trinajstić information content (AvgIpc) is 2.72. The Labute approximate surface area is 156 Å². The Balaban J connectivity index is 1.61. The van der Waals surface area contributed by atoms with E-state index >= 15 is 0 Å². The van der Waals surface area contributed by atoms with Gasteiger partial charge >= 0.3 is 5.97 Å². The minimum atomic E-state index is -0.385. The standard InChI is InChI=1S/C22H17FO4/c1-26-22(25)18-4-2-15(3-5-18)14-27-20-12-8-17(9-13-20)21(24)16-6-10-19(23)11-7-16/h2-13H,14H2,1H3. The quantitative estimate of drug-likeness (QED) is 0.480. The molecule has 0 atom stereocenters. The number of hydrogen-bond donors (Lipinski definition) is 0. The highest BCUT2D eigenvalue weighted by atomic mass is 19.1. The van der Waals surface area contributed by atoms with Crippen molar-refractivity contribution < 1.29 is 23.5 Å². The van der Waals surface area contributed by atoms with Crippen molar-refractivity contribution in [2.45, 2.75) is 6.61 Å². The Hall–Kier alpha value is -3.47. The summed E-state index contributed by atoms with van der Waals surface area (Å²) >= 11 is 0. The summed E-state index contributed by atoms with van der Waals surface area (Å²) in [7, 11) is 1.34. The molecule has 27 heavy (non-hydrogen) atoms. The van der Waals surface area contributed by atoms with Crippen LogP contribution in [-0.2, 0) is 11.3 Å². The van der Waals surface area contributed by atoms with Crippen LogP contribution in [-0.4, -0.2) is 18.9 Å². The molecule has 0 N–H and O–H groups in total. The van der Waals surface area contributed by atoms with Gasteiger partial charge in [-0.25, -0.2) is 9.18 Å². The van der Waals surface area contributed by atoms with Crippen LogP contribution in [0.15, 0.2) is 72.8 Å². The Bertz CT molecular complexity index is 930. The maximum absolute atomic E-state index is 13.0. The van der Waals surface area contributed by atoms with E-state index in [0.29, 0.717) is 29.0 Å². The first-order chi connectivity index (χ1) is 13.1. The highest BCUT2D eigenvalue weighted by Gasteiger charge is 2.09. The lowest BCUT2D eigenvalue weighted by atomic mass is 10.0. The predicted octanol–water partition coefficient (Wildman–Crippen LogP) is 4.42. The smallest absolute Gasteiger partial charge is 0.337 e. The van der Waals surface area contributed by atoms with Crippen molar-refractivity contribution in [3.8, 4) is 5.75 Å². The van der Waals surface area contributed by atoms with Gasteiger partial charge in [0, 0.05) is 11.1 Å². The predicted molar refractivity (Wildman–Crippen MR) is 98.4 cm³/mol. The normalized spacial score (nSPS) is 10.3. The van der Waals surface area contributed by atoms with Crippen molar-refractivity contribution >= 4 is 11.8 Å². The molecule has 0 fully saturated rings. The Morgan fingerprint density at radius 2 is 1.30 bits per heavy atom. The van der Waals surface area contributed by atoms with Gasteiger partial charge in [-0.15, -0.1) is 0 Å². The zero-order chi connectivity index (χ0) is 19.2. The molecule has 3 aromatic carbocycles. The van der Waals surface area contributed by atoms with E-state index in [1.807, 2.05) is 0 Å². The first kappa shape index (κ1) is 18.3. The van der Waals surface area contributed by atoms with Crippen molar-refractivity contribution in [1.29, 1.82) is 0 Å². The second-order valence-corrected chi connectivity index (χ2v) is 5.84. The van der Waals surface area contributed by atoms with Gasteiger partial charge in [-0.2, -0.15) is 0 Å². The Kier molecular flexibility index (Phi) is 5.61. The highest BCUT2D eigenvalue weighted by molar-refractivity contribution is 6.09. The van der Waals surface area contributed by atoms with Crippen molar-refractivity contribution in [2.24, 2.45) is 0 Å². The van der Waals surface area contributed by atoms with E-state index in [0.717, 1.165) is 5.56 Å². The number of esters is 1. The zero-order valence-corrected chi connectivity index (χ0v) is 14.6. The summed E-state index contributed by atoms with van der Waals surface area (Å²) in [6.45, 7) is 0.326. The van der Waals surface area contributed by atoms with Crippen LogP contribution in [0.5, 0.6) is 5.75 Å². The number of benzene rings is 3. The molecule has 0 saturated heterocycles. The van der Waals surface area contributed by atoms with Gasteiger partial charge < -0.3 is 9.47 Å². The van der Waals surface area contributed by atoms with Crippen LogP contribution in [0, 0.1) is 5.82 Å². The highest BCUT2D eigenvalue weighted by Crippen LogP contribution is 2.17. The molecule has 0 heterocycles. The molecule has 3 aromatic rings. The Morgan fingerprint density at radius 1 is 0.778 bits per heavy atom. The maximum atomic E-state index is 13.0. The van der Waals surface area contributed by atoms with E-state index in [4.69, 9.17) is 4.74 Å². The number of ketones is 1. The van der Waals surface area contributed by atoms with Crippen LogP contribution in [0.4, 0.5) is 4.39 Å². The van der Waals surface area contributed by atoms with Crippen molar-refractivity contribution in [3.05, 3.63) is 101 Å². The average molecular weight is 364 g/mol. The van der Waals surface area contributed by atoms with Crippen LogP contribution in [0.25, 0.3) is 0 Å². The van der Waals surface area contributed by atoms with Crippen LogP contribution in [0.1, 0.15) is 31.8 Å². The molecule has 0 aliphatic heterocycles. The van der Waals surface area contributed by atoms with Gasteiger partial charge in [-0.1, -0.05) is 12.1 Å². The SMILES string of the molecule is COC(=O)c1ccc(COc2ccc(C(=O)c3ccc(F)cc3)cc2)cc1. The van der Waals surface area contributed by atoms with Crippen molar-refractivity contribution in [1.82, 2.24) is 0 Å². The van der Waals surface area contributed by atoms with Gasteiger partial charge in [0.05, 0.1) is 12.7 Å². The topological polar surface area (TPSA) is 52.6 Å². The first-order valence-corrected chi connectivity index (χ1v) is 8.27. The fourth-order valence-corrected chi connectivity index (χ4v) is 2.49. The molecule has 0 saturated carbocycles. The van der Waals surface area contributed by atoms with Crippen molar-refractivity contribution in [3.63, 3.8) is 0 Å². The number of ether oxygens (including phenoxy) is 2. The van der Waals surface area contributed by atoms with Crippen LogP contribution in [0.3, 0.4) is 0 Å². The largest absolute Gasteiger partial charge is 0.489 e. The van der Waals surface area contributed by atoms with E-state index in [9.17, 15) is 14.0 Å². The summed E-state index contributed by atoms with van der Waals surface area (Å²) in [5.74, 6) is -0.332. The van der Waals surface area contributed by atoms with E-state index in [1.165, 1.54) is 31.4 Å². The van der Waals surface area contributed by atoms with Gasteiger partial charge in [0.25, 0.3) is 0 Å². The molecule has 3 rings (SSSR count). The zero-order valence-electron chi connectivity index (χ0n) is 14.6. The molecule has 0 spiro atoms. The second kappa shape index (κ2) is 8.27. The monoisotopic (exact) mass is 364 g/mol. The molecule has 0 unspecified atom stereocenters. The number of methoxy groups -OCH3 is 1. The molecule has 0 aromatic heterocycles. The summed E-state index contributed by atoms with van der Waals surface area (Å²) in [6.07, 6.45) is 0. The molecule has 0 aliphatic carbocycles. The molecule has 0 aliphatic rings. The number of carbonyl (C=O) groups excluding carboxylic acids is 2. The molecule has 5 heteroatoms. The maximum Gasteiger partial charge on any atom is 0.337 e. The van der Waals surface area contributed by atoms with Gasteiger partial charge in [0.2, 0.25) is 0 Å². The van der Waals surface area contributed by atoms with Gasteiger partial charge in [-0.05, 0) is 66.2 Å². The third kappa shape index (κ3) is 4.58. The van der Waals surface area contributed by atoms with Gasteiger partial charge in [0.1, 0.15) is 18.2 Å². The lowest BCUT2D eigenvalue weighted by Gasteiger charge is -2.08. The fraction of sp³-hybridized carbons (Fsp3) is 0.0909. The van der Waals surface area contributed by atoms with Crippen molar-refractivity contribution in [2.75, 3.05) is 7.11 Å². The van der Waals surface area contributed by atoms with E-state index in [-0.39, 0.29) is 17.6 Å². The molecular weight excluding hydrogens is 347 g/mol. The molecule has 0 radical (unpaired) electrons. The minimum Gasteiger partial charge on any atom is -0.489 e. The molecular formula is C22H17FO4. The van der Waals surface area contributed by atoms with Gasteiger partial charge in [-0.3, -0.25) is 4.79 Å². The van der Waals surface area contributed by atoms with Crippen LogP contribution < -0.4 is 4.74 Å². The summed E-state index contributed by atoms with van der Waals surface area (Å²) in [4.78, 5) is 23.8. The summed E-state index contributed by atoms with van der Waals surface area (Å²) < 4.78 is 23.3. The third-order valence-corrected chi connectivity index (χ3v) is 4.00. The number of hydrogen-bond acceptors (Lipinski definition) is 4. The first-order valence-electron chi connectivity index (χ1n) is 8.27. The molecule has 136 valence electrons. The third-order valence-electron chi connectivity index (χ3n) is 4.00. The number of carbonyl (C=O) groups is 2. The lowest BCUT2D eigenvalue weighted by Crippen LogP contribution is -2.02. The van der Waals surface area contributed by atoms with Crippen LogP contribution in [0.2, 0.25) is 0 Å². The fourth-order valence-electron chi connectivity index (χ4n) is 2.49. The van der Waals surface area contributed by atoms with E-state index in [2.05, 4.69) is 4.74 Å². The van der Waals surface area contributed by atoms with E-state index in [1.54, 1.807) is 48.5 Å². The molecule has 0 bridgehead atoms. The molecule has 4 nitrogen and oxygen atoms in total. The number of halogens is 1. The summed E-state index contributed by atoms with van der Waals surface area (Å²) in [5, 5.41) is 0. The lowest BCUT2D eigenvalue weighted by molar-refractivity contribution is 0.0600.